The molecule has 0 aliphatic heterocycles. The van der Waals surface area contributed by atoms with Crippen molar-refractivity contribution >= 4 is 16.2 Å². The molecule has 1 aromatic rings. The maximum atomic E-state index is 11.5. The molecule has 1 rings (SSSR count). The Morgan fingerprint density at radius 3 is 2.43 bits per heavy atom. The molecule has 0 saturated heterocycles. The zero-order valence-corrected chi connectivity index (χ0v) is 8.66. The molecule has 0 radical (unpaired) electrons. The first-order valence-corrected chi connectivity index (χ1v) is 5.47. The molecule has 0 aliphatic rings. The van der Waals surface area contributed by atoms with E-state index in [1.165, 1.54) is 18.3 Å². The van der Waals surface area contributed by atoms with E-state index in [1.54, 1.807) is 25.1 Å². The number of hydrogen-bond acceptors (Lipinski definition) is 2. The van der Waals surface area contributed by atoms with Crippen LogP contribution in [0.3, 0.4) is 0 Å². The lowest BCUT2D eigenvalue weighted by atomic mass is 10.4. The Labute approximate surface area is 83.9 Å². The molecule has 0 fully saturated rings. The van der Waals surface area contributed by atoms with Crippen LogP contribution in [0.4, 0.5) is 0 Å². The van der Waals surface area contributed by atoms with Gasteiger partial charge in [0.15, 0.2) is 0 Å². The summed E-state index contributed by atoms with van der Waals surface area (Å²) in [4.78, 5) is 0.192. The van der Waals surface area contributed by atoms with E-state index in [4.69, 9.17) is 0 Å². The standard InChI is InChI=1S/C10H11NO2S/c1-9(2)8-11-14(12,13)10-6-4-3-5-7-10/h3-8H,1H2,2H3/b11-8+. The summed E-state index contributed by atoms with van der Waals surface area (Å²) >= 11 is 0. The van der Waals surface area contributed by atoms with Gasteiger partial charge in [0.25, 0.3) is 10.0 Å². The van der Waals surface area contributed by atoms with Gasteiger partial charge in [0, 0.05) is 6.21 Å². The highest BCUT2D eigenvalue weighted by Gasteiger charge is 2.09. The maximum absolute atomic E-state index is 11.5. The molecule has 4 heteroatoms. The van der Waals surface area contributed by atoms with Gasteiger partial charge < -0.3 is 0 Å². The molecular weight excluding hydrogens is 198 g/mol. The number of hydrogen-bond donors (Lipinski definition) is 0. The van der Waals surface area contributed by atoms with E-state index in [1.807, 2.05) is 0 Å². The van der Waals surface area contributed by atoms with Gasteiger partial charge in [-0.3, -0.25) is 0 Å². The Morgan fingerprint density at radius 1 is 1.36 bits per heavy atom. The van der Waals surface area contributed by atoms with Crippen molar-refractivity contribution in [1.82, 2.24) is 0 Å². The van der Waals surface area contributed by atoms with Crippen LogP contribution < -0.4 is 0 Å². The highest BCUT2D eigenvalue weighted by molar-refractivity contribution is 7.90. The first-order valence-electron chi connectivity index (χ1n) is 4.03. The van der Waals surface area contributed by atoms with Crippen LogP contribution in [0.15, 0.2) is 51.8 Å². The molecule has 74 valence electrons. The van der Waals surface area contributed by atoms with Gasteiger partial charge in [0.2, 0.25) is 0 Å². The SMILES string of the molecule is C=C(C)/C=N/S(=O)(=O)c1ccccc1. The zero-order chi connectivity index (χ0) is 10.6. The second-order valence-corrected chi connectivity index (χ2v) is 4.50. The Bertz CT molecular complexity index is 446. The molecule has 0 N–H and O–H groups in total. The molecule has 0 atom stereocenters. The summed E-state index contributed by atoms with van der Waals surface area (Å²) in [7, 11) is -3.55. The first-order chi connectivity index (χ1) is 6.52. The second kappa shape index (κ2) is 4.19. The molecule has 0 unspecified atom stereocenters. The number of allylic oxidation sites excluding steroid dienone is 1. The third kappa shape index (κ3) is 2.81. The van der Waals surface area contributed by atoms with Crippen molar-refractivity contribution in [3.63, 3.8) is 0 Å². The van der Waals surface area contributed by atoms with E-state index in [2.05, 4.69) is 11.0 Å². The Morgan fingerprint density at radius 2 is 1.93 bits per heavy atom. The van der Waals surface area contributed by atoms with Gasteiger partial charge in [-0.25, -0.2) is 0 Å². The summed E-state index contributed by atoms with van der Waals surface area (Å²) < 4.78 is 26.5. The van der Waals surface area contributed by atoms with Gasteiger partial charge in [-0.1, -0.05) is 24.8 Å². The molecular formula is C10H11NO2S. The van der Waals surface area contributed by atoms with Crippen LogP contribution in [0.1, 0.15) is 6.92 Å². The monoisotopic (exact) mass is 209 g/mol. The molecule has 0 amide bonds. The summed E-state index contributed by atoms with van der Waals surface area (Å²) in [5, 5.41) is 0. The third-order valence-corrected chi connectivity index (χ3v) is 2.70. The highest BCUT2D eigenvalue weighted by Crippen LogP contribution is 2.10. The van der Waals surface area contributed by atoms with Crippen LogP contribution in [0.25, 0.3) is 0 Å². The van der Waals surface area contributed by atoms with Gasteiger partial charge in [-0.05, 0) is 24.6 Å². The second-order valence-electron chi connectivity index (χ2n) is 2.87. The fraction of sp³-hybridized carbons (Fsp3) is 0.100. The predicted molar refractivity (Wildman–Crippen MR) is 56.9 cm³/mol. The minimum Gasteiger partial charge on any atom is -0.199 e. The van der Waals surface area contributed by atoms with Gasteiger partial charge in [0.05, 0.1) is 4.90 Å². The van der Waals surface area contributed by atoms with E-state index in [0.717, 1.165) is 0 Å². The number of rotatable bonds is 3. The van der Waals surface area contributed by atoms with Crippen molar-refractivity contribution in [2.75, 3.05) is 0 Å². The fourth-order valence-corrected chi connectivity index (χ4v) is 1.75. The number of sulfonamides is 1. The Hall–Kier alpha value is -1.42. The van der Waals surface area contributed by atoms with Crippen LogP contribution in [0.5, 0.6) is 0 Å². The van der Waals surface area contributed by atoms with Gasteiger partial charge in [0.1, 0.15) is 0 Å². The van der Waals surface area contributed by atoms with Crippen molar-refractivity contribution in [2.45, 2.75) is 11.8 Å². The Kier molecular flexibility index (Phi) is 3.19. The summed E-state index contributed by atoms with van der Waals surface area (Å²) in [6.45, 7) is 5.22. The minimum absolute atomic E-state index is 0.192. The van der Waals surface area contributed by atoms with Crippen LogP contribution in [0.2, 0.25) is 0 Å². The maximum Gasteiger partial charge on any atom is 0.282 e. The smallest absolute Gasteiger partial charge is 0.199 e. The van der Waals surface area contributed by atoms with Crippen LogP contribution in [-0.4, -0.2) is 14.6 Å². The molecule has 3 nitrogen and oxygen atoms in total. The summed E-state index contributed by atoms with van der Waals surface area (Å²) in [6.07, 6.45) is 1.24. The molecule has 1 aromatic carbocycles. The van der Waals surface area contributed by atoms with E-state index in [-0.39, 0.29) is 4.90 Å². The molecule has 14 heavy (non-hydrogen) atoms. The largest absolute Gasteiger partial charge is 0.282 e. The molecule has 0 aromatic heterocycles. The molecule has 0 aliphatic carbocycles. The van der Waals surface area contributed by atoms with Crippen molar-refractivity contribution in [3.8, 4) is 0 Å². The van der Waals surface area contributed by atoms with Gasteiger partial charge in [-0.2, -0.15) is 12.8 Å². The van der Waals surface area contributed by atoms with Gasteiger partial charge >= 0.3 is 0 Å². The van der Waals surface area contributed by atoms with Crippen molar-refractivity contribution in [3.05, 3.63) is 42.5 Å². The normalized spacial score (nSPS) is 11.8. The molecule has 0 spiro atoms. The highest BCUT2D eigenvalue weighted by atomic mass is 32.2. The topological polar surface area (TPSA) is 46.5 Å². The fourth-order valence-electron chi connectivity index (χ4n) is 0.813. The molecule has 0 bridgehead atoms. The molecule has 0 saturated carbocycles. The lowest BCUT2D eigenvalue weighted by Crippen LogP contribution is -1.96. The van der Waals surface area contributed by atoms with Crippen molar-refractivity contribution < 1.29 is 8.42 Å². The summed E-state index contributed by atoms with van der Waals surface area (Å²) in [5.41, 5.74) is 0.601. The predicted octanol–water partition coefficient (Wildman–Crippen LogP) is 2.02. The van der Waals surface area contributed by atoms with E-state index >= 15 is 0 Å². The zero-order valence-electron chi connectivity index (χ0n) is 7.84. The Balaban J connectivity index is 3.05. The number of nitrogens with zero attached hydrogens (tertiary/aromatic N) is 1. The van der Waals surface area contributed by atoms with Crippen molar-refractivity contribution in [2.24, 2.45) is 4.40 Å². The average Bonchev–Trinajstić information content (AvgIpc) is 2.16. The van der Waals surface area contributed by atoms with E-state index < -0.39 is 10.0 Å². The van der Waals surface area contributed by atoms with E-state index in [9.17, 15) is 8.42 Å². The third-order valence-electron chi connectivity index (χ3n) is 1.45. The van der Waals surface area contributed by atoms with Crippen LogP contribution in [0, 0.1) is 0 Å². The summed E-state index contributed by atoms with van der Waals surface area (Å²) in [5.74, 6) is 0. The summed E-state index contributed by atoms with van der Waals surface area (Å²) in [6, 6.07) is 8.07. The quantitative estimate of drug-likeness (QED) is 0.715. The lowest BCUT2D eigenvalue weighted by Gasteiger charge is -1.96. The first kappa shape index (κ1) is 10.7. The van der Waals surface area contributed by atoms with Crippen LogP contribution in [-0.2, 0) is 10.0 Å². The van der Waals surface area contributed by atoms with Crippen molar-refractivity contribution in [1.29, 1.82) is 0 Å². The molecule has 0 heterocycles. The minimum atomic E-state index is -3.55. The average molecular weight is 209 g/mol. The lowest BCUT2D eigenvalue weighted by molar-refractivity contribution is 0.598. The van der Waals surface area contributed by atoms with Gasteiger partial charge in [-0.15, -0.1) is 0 Å². The van der Waals surface area contributed by atoms with E-state index in [0.29, 0.717) is 5.57 Å². The van der Waals surface area contributed by atoms with Crippen LogP contribution >= 0.6 is 0 Å². The number of benzene rings is 1.